The van der Waals surface area contributed by atoms with Gasteiger partial charge in [-0.25, -0.2) is 0 Å². The smallest absolute Gasteiger partial charge is 0.150 e. The molecule has 0 aromatic heterocycles. The maximum atomic E-state index is 10.5. The molecule has 0 aliphatic rings. The van der Waals surface area contributed by atoms with Crippen LogP contribution in [0.1, 0.15) is 34.8 Å². The van der Waals surface area contributed by atoms with E-state index in [1.54, 1.807) is 18.2 Å². The molecule has 0 spiro atoms. The van der Waals surface area contributed by atoms with Crippen molar-refractivity contribution in [3.8, 4) is 17.9 Å². The van der Waals surface area contributed by atoms with Crippen molar-refractivity contribution in [2.45, 2.75) is 13.3 Å². The van der Waals surface area contributed by atoms with Crippen molar-refractivity contribution in [3.63, 3.8) is 0 Å². The zero-order valence-corrected chi connectivity index (χ0v) is 7.87. The summed E-state index contributed by atoms with van der Waals surface area (Å²) in [6.45, 7) is 1.95. The number of benzene rings is 1. The minimum atomic E-state index is 0.468. The van der Waals surface area contributed by atoms with E-state index in [4.69, 9.17) is 5.26 Å². The number of hydrogen-bond acceptors (Lipinski definition) is 2. The van der Waals surface area contributed by atoms with Crippen molar-refractivity contribution in [1.82, 2.24) is 0 Å². The Labute approximate surface area is 83.2 Å². The molecule has 14 heavy (non-hydrogen) atoms. The van der Waals surface area contributed by atoms with Gasteiger partial charge >= 0.3 is 0 Å². The second-order valence-corrected chi connectivity index (χ2v) is 2.73. The number of nitrogens with zero attached hydrogens (tertiary/aromatic N) is 1. The summed E-state index contributed by atoms with van der Waals surface area (Å²) in [6, 6.07) is 6.89. The third-order valence-corrected chi connectivity index (χ3v) is 1.63. The molecule has 0 radical (unpaired) electrons. The summed E-state index contributed by atoms with van der Waals surface area (Å²) in [7, 11) is 0. The summed E-state index contributed by atoms with van der Waals surface area (Å²) in [4.78, 5) is 10.5. The third kappa shape index (κ3) is 2.47. The van der Waals surface area contributed by atoms with Crippen LogP contribution in [0.15, 0.2) is 18.2 Å². The van der Waals surface area contributed by atoms with Gasteiger partial charge in [0.05, 0.1) is 11.6 Å². The Morgan fingerprint density at radius 2 is 2.07 bits per heavy atom. The Balaban J connectivity index is 3.18. The Morgan fingerprint density at radius 3 is 2.64 bits per heavy atom. The van der Waals surface area contributed by atoms with Gasteiger partial charge in [0.15, 0.2) is 0 Å². The molecule has 0 heterocycles. The molecular weight excluding hydrogens is 174 g/mol. The average Bonchev–Trinajstić information content (AvgIpc) is 2.25. The first kappa shape index (κ1) is 10.0. The number of rotatable bonds is 1. The SMILES string of the molecule is CCC#Cc1cc(C#N)cc(C=O)c1. The Hall–Kier alpha value is -2.06. The van der Waals surface area contributed by atoms with Crippen LogP contribution in [0.4, 0.5) is 0 Å². The second kappa shape index (κ2) is 4.84. The van der Waals surface area contributed by atoms with E-state index in [0.717, 1.165) is 12.7 Å². The van der Waals surface area contributed by atoms with Crippen LogP contribution in [0.25, 0.3) is 0 Å². The summed E-state index contributed by atoms with van der Waals surface area (Å²) in [6.07, 6.45) is 1.48. The maximum absolute atomic E-state index is 10.5. The Bertz CT molecular complexity index is 444. The minimum Gasteiger partial charge on any atom is -0.298 e. The van der Waals surface area contributed by atoms with Gasteiger partial charge in [0.1, 0.15) is 6.29 Å². The molecule has 1 aromatic rings. The number of aldehydes is 1. The van der Waals surface area contributed by atoms with Gasteiger partial charge in [0, 0.05) is 17.5 Å². The van der Waals surface area contributed by atoms with Gasteiger partial charge in [-0.1, -0.05) is 18.8 Å². The van der Waals surface area contributed by atoms with Gasteiger partial charge in [-0.3, -0.25) is 4.79 Å². The monoisotopic (exact) mass is 183 g/mol. The largest absolute Gasteiger partial charge is 0.298 e. The van der Waals surface area contributed by atoms with E-state index in [1.807, 2.05) is 13.0 Å². The molecule has 2 heteroatoms. The molecule has 0 aliphatic heterocycles. The van der Waals surface area contributed by atoms with Gasteiger partial charge in [-0.05, 0) is 18.2 Å². The van der Waals surface area contributed by atoms with Crippen LogP contribution < -0.4 is 0 Å². The molecular formula is C12H9NO. The van der Waals surface area contributed by atoms with E-state index in [0.29, 0.717) is 16.7 Å². The fraction of sp³-hybridized carbons (Fsp3) is 0.167. The van der Waals surface area contributed by atoms with Crippen LogP contribution in [0.2, 0.25) is 0 Å². The van der Waals surface area contributed by atoms with Gasteiger partial charge in [-0.15, -0.1) is 0 Å². The zero-order chi connectivity index (χ0) is 10.4. The van der Waals surface area contributed by atoms with Crippen LogP contribution in [0.3, 0.4) is 0 Å². The van der Waals surface area contributed by atoms with Gasteiger partial charge < -0.3 is 0 Å². The first-order valence-electron chi connectivity index (χ1n) is 4.29. The van der Waals surface area contributed by atoms with E-state index in [9.17, 15) is 4.79 Å². The summed E-state index contributed by atoms with van der Waals surface area (Å²) in [5, 5.41) is 8.69. The Kier molecular flexibility index (Phi) is 3.47. The topological polar surface area (TPSA) is 40.9 Å². The number of carbonyl (C=O) groups excluding carboxylic acids is 1. The first-order chi connectivity index (χ1) is 6.80. The average molecular weight is 183 g/mol. The standard InChI is InChI=1S/C12H9NO/c1-2-3-4-10-5-11(8-13)7-12(6-10)9-14/h5-7,9H,2H2,1H3. The van der Waals surface area contributed by atoms with Crippen molar-refractivity contribution >= 4 is 6.29 Å². The van der Waals surface area contributed by atoms with Gasteiger partial charge in [0.25, 0.3) is 0 Å². The molecule has 0 fully saturated rings. The molecule has 0 aliphatic carbocycles. The minimum absolute atomic E-state index is 0.468. The lowest BCUT2D eigenvalue weighted by Crippen LogP contribution is -1.85. The summed E-state index contributed by atoms with van der Waals surface area (Å²) in [5.41, 5.74) is 1.67. The predicted molar refractivity (Wildman–Crippen MR) is 53.7 cm³/mol. The highest BCUT2D eigenvalue weighted by atomic mass is 16.1. The van der Waals surface area contributed by atoms with E-state index >= 15 is 0 Å². The third-order valence-electron chi connectivity index (χ3n) is 1.63. The molecule has 0 bridgehead atoms. The summed E-state index contributed by atoms with van der Waals surface area (Å²) >= 11 is 0. The van der Waals surface area contributed by atoms with Crippen LogP contribution in [0, 0.1) is 23.2 Å². The molecule has 0 unspecified atom stereocenters. The predicted octanol–water partition coefficient (Wildman–Crippen LogP) is 2.13. The highest BCUT2D eigenvalue weighted by Gasteiger charge is 1.97. The van der Waals surface area contributed by atoms with Crippen molar-refractivity contribution < 1.29 is 4.79 Å². The lowest BCUT2D eigenvalue weighted by atomic mass is 10.1. The maximum Gasteiger partial charge on any atom is 0.150 e. The van der Waals surface area contributed by atoms with Crippen molar-refractivity contribution in [2.75, 3.05) is 0 Å². The van der Waals surface area contributed by atoms with E-state index < -0.39 is 0 Å². The molecule has 0 N–H and O–H groups in total. The highest BCUT2D eigenvalue weighted by Crippen LogP contribution is 2.07. The van der Waals surface area contributed by atoms with Crippen molar-refractivity contribution in [1.29, 1.82) is 5.26 Å². The Morgan fingerprint density at radius 1 is 1.36 bits per heavy atom. The molecule has 1 aromatic carbocycles. The van der Waals surface area contributed by atoms with Crippen molar-refractivity contribution in [3.05, 3.63) is 34.9 Å². The number of hydrogen-bond donors (Lipinski definition) is 0. The normalized spacial score (nSPS) is 8.29. The van der Waals surface area contributed by atoms with Gasteiger partial charge in [0.2, 0.25) is 0 Å². The van der Waals surface area contributed by atoms with Gasteiger partial charge in [-0.2, -0.15) is 5.26 Å². The summed E-state index contributed by atoms with van der Waals surface area (Å²) < 4.78 is 0. The lowest BCUT2D eigenvalue weighted by Gasteiger charge is -1.94. The fourth-order valence-corrected chi connectivity index (χ4v) is 1.05. The first-order valence-corrected chi connectivity index (χ1v) is 4.29. The number of carbonyl (C=O) groups is 1. The quantitative estimate of drug-likeness (QED) is 0.494. The fourth-order valence-electron chi connectivity index (χ4n) is 1.05. The van der Waals surface area contributed by atoms with Crippen LogP contribution in [0.5, 0.6) is 0 Å². The highest BCUT2D eigenvalue weighted by molar-refractivity contribution is 5.76. The van der Waals surface area contributed by atoms with E-state index in [-0.39, 0.29) is 0 Å². The molecule has 1 rings (SSSR count). The van der Waals surface area contributed by atoms with E-state index in [1.165, 1.54) is 0 Å². The molecule has 0 saturated carbocycles. The molecule has 68 valence electrons. The number of nitriles is 1. The molecule has 2 nitrogen and oxygen atoms in total. The molecule has 0 saturated heterocycles. The molecule has 0 amide bonds. The van der Waals surface area contributed by atoms with Crippen molar-refractivity contribution in [2.24, 2.45) is 0 Å². The lowest BCUT2D eigenvalue weighted by molar-refractivity contribution is 0.112. The van der Waals surface area contributed by atoms with E-state index in [2.05, 4.69) is 11.8 Å². The van der Waals surface area contributed by atoms with Crippen LogP contribution in [-0.2, 0) is 0 Å². The second-order valence-electron chi connectivity index (χ2n) is 2.73. The zero-order valence-electron chi connectivity index (χ0n) is 7.87. The summed E-state index contributed by atoms with van der Waals surface area (Å²) in [5.74, 6) is 5.78. The van der Waals surface area contributed by atoms with Crippen LogP contribution in [-0.4, -0.2) is 6.29 Å². The van der Waals surface area contributed by atoms with Crippen LogP contribution >= 0.6 is 0 Å². The molecule has 0 atom stereocenters.